The lowest BCUT2D eigenvalue weighted by atomic mass is 9.81. The van der Waals surface area contributed by atoms with Gasteiger partial charge in [-0.05, 0) is 124 Å². The van der Waals surface area contributed by atoms with Gasteiger partial charge >= 0.3 is 0 Å². The summed E-state index contributed by atoms with van der Waals surface area (Å²) in [7, 11) is 0. The van der Waals surface area contributed by atoms with Gasteiger partial charge in [-0.25, -0.2) is 0 Å². The predicted octanol–water partition coefficient (Wildman–Crippen LogP) is 14.4. The summed E-state index contributed by atoms with van der Waals surface area (Å²) in [4.78, 5) is 0. The first-order valence-electron chi connectivity index (χ1n) is 21.5. The van der Waals surface area contributed by atoms with Crippen LogP contribution in [0.3, 0.4) is 0 Å². The molecule has 0 unspecified atom stereocenters. The highest BCUT2D eigenvalue weighted by molar-refractivity contribution is 6.22. The fraction of sp³-hybridized carbons (Fsp3) is 0.0588. The molecule has 0 atom stereocenters. The first-order valence-corrected chi connectivity index (χ1v) is 17.5. The second kappa shape index (κ2) is 10.8. The molecule has 11 rings (SSSR count). The minimum Gasteiger partial charge on any atom is -0.456 e. The van der Waals surface area contributed by atoms with Crippen molar-refractivity contribution in [3.8, 4) is 44.5 Å². The van der Waals surface area contributed by atoms with Crippen molar-refractivity contribution in [1.29, 1.82) is 0 Å². The molecular formula is C51H34O. The molecule has 1 heterocycles. The van der Waals surface area contributed by atoms with Gasteiger partial charge in [0.25, 0.3) is 0 Å². The zero-order valence-corrected chi connectivity index (χ0v) is 28.5. The van der Waals surface area contributed by atoms with E-state index in [0.717, 1.165) is 32.7 Å². The summed E-state index contributed by atoms with van der Waals surface area (Å²) >= 11 is 0. The number of rotatable bonds is 3. The molecule has 0 aliphatic heterocycles. The number of fused-ring (bicyclic) bond motifs is 9. The Hall–Kier alpha value is -6.44. The average molecular weight is 671 g/mol. The van der Waals surface area contributed by atoms with Crippen molar-refractivity contribution >= 4 is 54.3 Å². The fourth-order valence-electron chi connectivity index (χ4n) is 8.56. The van der Waals surface area contributed by atoms with Crippen molar-refractivity contribution in [1.82, 2.24) is 0 Å². The highest BCUT2D eigenvalue weighted by Crippen LogP contribution is 2.50. The van der Waals surface area contributed by atoms with Crippen molar-refractivity contribution in [2.24, 2.45) is 0 Å². The largest absolute Gasteiger partial charge is 0.456 e. The summed E-state index contributed by atoms with van der Waals surface area (Å²) in [5.74, 6) is 0. The van der Waals surface area contributed by atoms with Gasteiger partial charge in [-0.2, -0.15) is 0 Å². The van der Waals surface area contributed by atoms with Crippen LogP contribution in [0.2, 0.25) is 0 Å². The number of hydrogen-bond donors (Lipinski definition) is 0. The van der Waals surface area contributed by atoms with Crippen molar-refractivity contribution in [2.75, 3.05) is 0 Å². The Kier molecular flexibility index (Phi) is 4.64. The van der Waals surface area contributed by atoms with Gasteiger partial charge in [0.1, 0.15) is 11.2 Å². The summed E-state index contributed by atoms with van der Waals surface area (Å²) in [6.45, 7) is 4.46. The van der Waals surface area contributed by atoms with Gasteiger partial charge in [-0.3, -0.25) is 0 Å². The van der Waals surface area contributed by atoms with Crippen LogP contribution in [0.1, 0.15) is 35.9 Å². The maximum Gasteiger partial charge on any atom is 0.136 e. The molecule has 0 N–H and O–H groups in total. The van der Waals surface area contributed by atoms with E-state index >= 15 is 0 Å². The Balaban J connectivity index is 1.23. The smallest absolute Gasteiger partial charge is 0.136 e. The third kappa shape index (κ3) is 4.17. The number of hydrogen-bond acceptors (Lipinski definition) is 1. The van der Waals surface area contributed by atoms with Crippen LogP contribution in [0.25, 0.3) is 98.8 Å². The van der Waals surface area contributed by atoms with E-state index in [2.05, 4.69) is 62.4 Å². The maximum absolute atomic E-state index is 9.47. The molecule has 52 heavy (non-hydrogen) atoms. The van der Waals surface area contributed by atoms with E-state index in [9.17, 15) is 5.48 Å². The van der Waals surface area contributed by atoms with E-state index in [-0.39, 0.29) is 51.1 Å². The van der Waals surface area contributed by atoms with Crippen molar-refractivity contribution < 1.29 is 15.4 Å². The molecule has 10 aromatic rings. The second-order valence-electron chi connectivity index (χ2n) is 14.3. The first kappa shape index (κ1) is 22.4. The Bertz CT molecular complexity index is 3480. The zero-order chi connectivity index (χ0) is 41.5. The Morgan fingerprint density at radius 3 is 1.71 bits per heavy atom. The summed E-state index contributed by atoms with van der Waals surface area (Å²) < 4.78 is 79.8. The van der Waals surface area contributed by atoms with E-state index in [1.54, 1.807) is 6.07 Å². The molecule has 0 fully saturated rings. The van der Waals surface area contributed by atoms with Gasteiger partial charge in [-0.15, -0.1) is 0 Å². The molecule has 1 aliphatic rings. The molecule has 0 radical (unpaired) electrons. The van der Waals surface area contributed by atoms with Gasteiger partial charge in [0.05, 0.1) is 11.0 Å². The predicted molar refractivity (Wildman–Crippen MR) is 220 cm³/mol. The topological polar surface area (TPSA) is 13.1 Å². The highest BCUT2D eigenvalue weighted by atomic mass is 16.3. The maximum atomic E-state index is 9.47. The average Bonchev–Trinajstić information content (AvgIpc) is 3.74. The molecule has 0 bridgehead atoms. The number of benzene rings is 9. The molecule has 1 heteroatoms. The van der Waals surface area contributed by atoms with Crippen LogP contribution in [0.15, 0.2) is 174 Å². The minimum absolute atomic E-state index is 0.175. The van der Waals surface area contributed by atoms with E-state index in [1.807, 2.05) is 66.7 Å². The van der Waals surface area contributed by atoms with Crippen LogP contribution < -0.4 is 0 Å². The van der Waals surface area contributed by atoms with Crippen molar-refractivity contribution in [3.63, 3.8) is 0 Å². The number of furan rings is 1. The Morgan fingerprint density at radius 2 is 0.981 bits per heavy atom. The summed E-state index contributed by atoms with van der Waals surface area (Å²) in [5.41, 5.74) is 9.48. The van der Waals surface area contributed by atoms with Crippen LogP contribution in [-0.4, -0.2) is 0 Å². The molecule has 9 aromatic carbocycles. The molecule has 0 saturated heterocycles. The molecule has 0 saturated carbocycles. The van der Waals surface area contributed by atoms with Crippen LogP contribution in [0.4, 0.5) is 0 Å². The molecule has 244 valence electrons. The highest BCUT2D eigenvalue weighted by Gasteiger charge is 2.35. The quantitative estimate of drug-likeness (QED) is 0.171. The molecule has 1 aromatic heterocycles. The van der Waals surface area contributed by atoms with Crippen molar-refractivity contribution in [2.45, 2.75) is 19.3 Å². The zero-order valence-electron chi connectivity index (χ0n) is 36.5. The lowest BCUT2D eigenvalue weighted by molar-refractivity contribution is 0.660. The molecule has 0 spiro atoms. The summed E-state index contributed by atoms with van der Waals surface area (Å²) in [6, 6.07) is 37.3. The van der Waals surface area contributed by atoms with Gasteiger partial charge in [0.15, 0.2) is 0 Å². The van der Waals surface area contributed by atoms with Crippen molar-refractivity contribution in [3.05, 3.63) is 181 Å². The van der Waals surface area contributed by atoms with Gasteiger partial charge in [-0.1, -0.05) is 147 Å². The van der Waals surface area contributed by atoms with E-state index < -0.39 is 24.2 Å². The van der Waals surface area contributed by atoms with Crippen LogP contribution in [-0.2, 0) is 5.41 Å². The van der Waals surface area contributed by atoms with Crippen LogP contribution in [0.5, 0.6) is 0 Å². The van der Waals surface area contributed by atoms with E-state index in [4.69, 9.17) is 9.90 Å². The van der Waals surface area contributed by atoms with Crippen LogP contribution in [0, 0.1) is 0 Å². The summed E-state index contributed by atoms with van der Waals surface area (Å²) in [5, 5.41) is 4.39. The normalized spacial score (nSPS) is 15.5. The first-order chi connectivity index (χ1) is 28.8. The second-order valence-corrected chi connectivity index (χ2v) is 14.3. The third-order valence-corrected chi connectivity index (χ3v) is 11.1. The monoisotopic (exact) mass is 670 g/mol. The third-order valence-electron chi connectivity index (χ3n) is 11.1. The van der Waals surface area contributed by atoms with Gasteiger partial charge < -0.3 is 4.42 Å². The molecular weight excluding hydrogens is 629 g/mol. The minimum atomic E-state index is -0.434. The van der Waals surface area contributed by atoms with Crippen LogP contribution >= 0.6 is 0 Å². The van der Waals surface area contributed by atoms with E-state index in [0.29, 0.717) is 33.4 Å². The van der Waals surface area contributed by atoms with Gasteiger partial charge in [0, 0.05) is 16.2 Å². The Labute approximate surface area is 313 Å². The standard InChI is InChI=1S/C51H34O/c1-51(2)45-21-10-9-16-37(45)38-24-22-34(29-46(38)51)31-14-11-15-35(26-31)49-39-17-5-7-19-41(39)50(42-20-8-6-18-40(42)49)36-23-25-47-43(28-36)44-27-32-12-3-4-13-33(32)30-48(44)52-47/h3-30H,1-2H3/i5D,6D,7D,8D,17D,18D,19D,20D. The molecule has 0 amide bonds. The fourth-order valence-corrected chi connectivity index (χ4v) is 8.56. The van der Waals surface area contributed by atoms with Gasteiger partial charge in [0.2, 0.25) is 0 Å². The lowest BCUT2D eigenvalue weighted by Gasteiger charge is -2.22. The SMILES string of the molecule is [2H]c1c([2H])c([2H])c2c(-c3ccc4oc5cc6ccccc6cc5c4c3)c3c([2H])c([2H])c([2H])c([2H])c3c(-c3cccc(-c4ccc5c(c4)C(C)(C)c4ccccc4-5)c3)c2c1[2H]. The van der Waals surface area contributed by atoms with E-state index in [1.165, 1.54) is 22.3 Å². The summed E-state index contributed by atoms with van der Waals surface area (Å²) in [6.07, 6.45) is 0. The molecule has 1 nitrogen and oxygen atoms in total. The lowest BCUT2D eigenvalue weighted by Crippen LogP contribution is -2.14. The molecule has 1 aliphatic carbocycles. The Morgan fingerprint density at radius 1 is 0.423 bits per heavy atom.